The van der Waals surface area contributed by atoms with E-state index in [0.29, 0.717) is 5.92 Å². The van der Waals surface area contributed by atoms with Crippen LogP contribution in [0.5, 0.6) is 0 Å². The molecule has 0 aliphatic carbocycles. The third-order valence-corrected chi connectivity index (χ3v) is 4.56. The van der Waals surface area contributed by atoms with Gasteiger partial charge in [0, 0.05) is 24.4 Å². The molecule has 0 aliphatic rings. The Morgan fingerprint density at radius 2 is 2.16 bits per heavy atom. The number of nitrogens with zero attached hydrogens (tertiary/aromatic N) is 2. The van der Waals surface area contributed by atoms with E-state index >= 15 is 0 Å². The van der Waals surface area contributed by atoms with Gasteiger partial charge in [0.15, 0.2) is 0 Å². The third-order valence-electron chi connectivity index (χ3n) is 3.13. The number of rotatable bonds is 6. The minimum absolute atomic E-state index is 0.207. The second kappa shape index (κ2) is 6.44. The van der Waals surface area contributed by atoms with E-state index in [1.807, 2.05) is 23.9 Å². The van der Waals surface area contributed by atoms with Gasteiger partial charge in [-0.15, -0.1) is 11.8 Å². The Labute approximate surface area is 119 Å². The quantitative estimate of drug-likeness (QED) is 0.823. The van der Waals surface area contributed by atoms with E-state index in [9.17, 15) is 0 Å². The van der Waals surface area contributed by atoms with Crippen LogP contribution in [0.2, 0.25) is 0 Å². The van der Waals surface area contributed by atoms with Crippen molar-refractivity contribution in [2.45, 2.75) is 44.7 Å². The van der Waals surface area contributed by atoms with E-state index < -0.39 is 0 Å². The maximum Gasteiger partial charge on any atom is 0.138 e. The number of nitrogens with two attached hydrogens (primary N) is 1. The molecule has 2 aromatic heterocycles. The predicted molar refractivity (Wildman–Crippen MR) is 82.7 cm³/mol. The second-order valence-corrected chi connectivity index (χ2v) is 6.38. The van der Waals surface area contributed by atoms with Gasteiger partial charge in [-0.2, -0.15) is 0 Å². The van der Waals surface area contributed by atoms with E-state index in [1.54, 1.807) is 0 Å². The number of imidazole rings is 1. The lowest BCUT2D eigenvalue weighted by atomic mass is 10.1. The van der Waals surface area contributed by atoms with Crippen molar-refractivity contribution in [2.75, 3.05) is 5.75 Å². The van der Waals surface area contributed by atoms with Crippen molar-refractivity contribution in [3.63, 3.8) is 0 Å². The van der Waals surface area contributed by atoms with E-state index in [4.69, 9.17) is 10.7 Å². The summed E-state index contributed by atoms with van der Waals surface area (Å²) in [6.07, 6.45) is 3.97. The highest BCUT2D eigenvalue weighted by molar-refractivity contribution is 7.99. The minimum Gasteiger partial charge on any atom is -0.327 e. The number of aromatic nitrogens is 2. The highest BCUT2D eigenvalue weighted by Crippen LogP contribution is 2.26. The van der Waals surface area contributed by atoms with Crippen molar-refractivity contribution in [1.29, 1.82) is 0 Å². The Balaban J connectivity index is 2.34. The molecule has 104 valence electrons. The van der Waals surface area contributed by atoms with E-state index in [1.165, 1.54) is 5.69 Å². The van der Waals surface area contributed by atoms with Crippen molar-refractivity contribution >= 4 is 17.4 Å². The summed E-state index contributed by atoms with van der Waals surface area (Å²) in [5.41, 5.74) is 8.41. The fourth-order valence-corrected chi connectivity index (χ4v) is 2.96. The molecule has 0 aromatic carbocycles. The number of pyridine rings is 1. The largest absolute Gasteiger partial charge is 0.327 e. The van der Waals surface area contributed by atoms with Crippen molar-refractivity contribution in [2.24, 2.45) is 11.7 Å². The summed E-state index contributed by atoms with van der Waals surface area (Å²) in [6.45, 7) is 6.61. The van der Waals surface area contributed by atoms with Crippen LogP contribution in [0.3, 0.4) is 0 Å². The first kappa shape index (κ1) is 14.4. The molecule has 0 radical (unpaired) electrons. The molecule has 2 aromatic rings. The highest BCUT2D eigenvalue weighted by atomic mass is 32.2. The van der Waals surface area contributed by atoms with Crippen molar-refractivity contribution in [3.05, 3.63) is 30.1 Å². The molecule has 1 atom stereocenters. The van der Waals surface area contributed by atoms with Gasteiger partial charge in [-0.1, -0.05) is 26.8 Å². The summed E-state index contributed by atoms with van der Waals surface area (Å²) in [5.74, 6) is 1.76. The summed E-state index contributed by atoms with van der Waals surface area (Å²) in [4.78, 5) is 4.74. The van der Waals surface area contributed by atoms with Gasteiger partial charge in [-0.05, 0) is 24.5 Å². The zero-order valence-electron chi connectivity index (χ0n) is 12.0. The van der Waals surface area contributed by atoms with Crippen LogP contribution in [-0.2, 0) is 6.42 Å². The number of thioether (sulfide) groups is 1. The van der Waals surface area contributed by atoms with Crippen LogP contribution in [0, 0.1) is 5.92 Å². The first-order chi connectivity index (χ1) is 9.11. The Hall–Kier alpha value is -1.00. The predicted octanol–water partition coefficient (Wildman–Crippen LogP) is 3.36. The molecule has 19 heavy (non-hydrogen) atoms. The normalized spacial score (nSPS) is 13.3. The second-order valence-electron chi connectivity index (χ2n) is 5.37. The molecule has 0 spiro atoms. The average molecular weight is 277 g/mol. The van der Waals surface area contributed by atoms with E-state index in [0.717, 1.165) is 29.3 Å². The summed E-state index contributed by atoms with van der Waals surface area (Å²) < 4.78 is 2.18. The molecule has 1 unspecified atom stereocenters. The smallest absolute Gasteiger partial charge is 0.138 e. The molecule has 3 nitrogen and oxygen atoms in total. The van der Waals surface area contributed by atoms with Gasteiger partial charge in [0.05, 0.1) is 5.69 Å². The van der Waals surface area contributed by atoms with Gasteiger partial charge in [0.1, 0.15) is 10.7 Å². The van der Waals surface area contributed by atoms with Gasteiger partial charge < -0.3 is 10.1 Å². The first-order valence-corrected chi connectivity index (χ1v) is 7.94. The van der Waals surface area contributed by atoms with Crippen LogP contribution in [0.15, 0.2) is 29.4 Å². The zero-order chi connectivity index (χ0) is 13.8. The number of fused-ring (bicyclic) bond motifs is 1. The van der Waals surface area contributed by atoms with Crippen LogP contribution in [0.4, 0.5) is 0 Å². The molecule has 0 fully saturated rings. The molecular formula is C15H23N3S. The lowest BCUT2D eigenvalue weighted by Gasteiger charge is -2.10. The summed E-state index contributed by atoms with van der Waals surface area (Å²) in [6, 6.07) is 6.34. The third kappa shape index (κ3) is 3.51. The Morgan fingerprint density at radius 3 is 2.84 bits per heavy atom. The summed E-state index contributed by atoms with van der Waals surface area (Å²) >= 11 is 1.85. The monoisotopic (exact) mass is 277 g/mol. The van der Waals surface area contributed by atoms with Crippen molar-refractivity contribution < 1.29 is 0 Å². The van der Waals surface area contributed by atoms with Crippen LogP contribution in [-0.4, -0.2) is 21.2 Å². The molecule has 0 amide bonds. The molecule has 2 N–H and O–H groups in total. The highest BCUT2D eigenvalue weighted by Gasteiger charge is 2.15. The number of hydrogen-bond donors (Lipinski definition) is 1. The molecule has 2 heterocycles. The van der Waals surface area contributed by atoms with Crippen molar-refractivity contribution in [3.8, 4) is 0 Å². The van der Waals surface area contributed by atoms with E-state index in [2.05, 4.69) is 37.4 Å². The Kier molecular flexibility index (Phi) is 4.88. The van der Waals surface area contributed by atoms with Gasteiger partial charge >= 0.3 is 0 Å². The lowest BCUT2D eigenvalue weighted by molar-refractivity contribution is 0.626. The molecule has 4 heteroatoms. The Morgan fingerprint density at radius 1 is 1.37 bits per heavy atom. The topological polar surface area (TPSA) is 43.3 Å². The standard InChI is InChI=1S/C15H23N3S/c1-4-12(16)9-13-15(19-10-11(2)3)17-14-7-5-6-8-18(13)14/h5-8,11-12H,4,9-10,16H2,1-3H3. The van der Waals surface area contributed by atoms with Crippen molar-refractivity contribution in [1.82, 2.24) is 9.38 Å². The molecule has 0 saturated carbocycles. The average Bonchev–Trinajstić information content (AvgIpc) is 2.74. The maximum atomic E-state index is 6.13. The van der Waals surface area contributed by atoms with Crippen LogP contribution in [0.25, 0.3) is 5.65 Å². The fraction of sp³-hybridized carbons (Fsp3) is 0.533. The zero-order valence-corrected chi connectivity index (χ0v) is 12.8. The van der Waals surface area contributed by atoms with E-state index in [-0.39, 0.29) is 6.04 Å². The number of hydrogen-bond acceptors (Lipinski definition) is 3. The van der Waals surface area contributed by atoms with Gasteiger partial charge in [-0.3, -0.25) is 0 Å². The van der Waals surface area contributed by atoms with Gasteiger partial charge in [-0.25, -0.2) is 4.98 Å². The molecule has 0 aliphatic heterocycles. The molecular weight excluding hydrogens is 254 g/mol. The Bertz CT molecular complexity index is 533. The van der Waals surface area contributed by atoms with Crippen LogP contribution < -0.4 is 5.73 Å². The maximum absolute atomic E-state index is 6.13. The summed E-state index contributed by atoms with van der Waals surface area (Å²) in [7, 11) is 0. The molecule has 0 bridgehead atoms. The molecule has 0 saturated heterocycles. The fourth-order valence-electron chi connectivity index (χ4n) is 1.96. The van der Waals surface area contributed by atoms with Crippen LogP contribution in [0.1, 0.15) is 32.9 Å². The summed E-state index contributed by atoms with van der Waals surface area (Å²) in [5, 5.41) is 1.14. The van der Waals surface area contributed by atoms with Crippen LogP contribution >= 0.6 is 11.8 Å². The minimum atomic E-state index is 0.207. The first-order valence-electron chi connectivity index (χ1n) is 6.96. The SMILES string of the molecule is CCC(N)Cc1c(SCC(C)C)nc2ccccn12. The van der Waals surface area contributed by atoms with Gasteiger partial charge in [0.25, 0.3) is 0 Å². The lowest BCUT2D eigenvalue weighted by Crippen LogP contribution is -2.22. The van der Waals surface area contributed by atoms with Gasteiger partial charge in [0.2, 0.25) is 0 Å². The molecule has 2 rings (SSSR count).